The maximum atomic E-state index is 12.3. The second kappa shape index (κ2) is 7.07. The summed E-state index contributed by atoms with van der Waals surface area (Å²) < 4.78 is 0. The van der Waals surface area contributed by atoms with Gasteiger partial charge in [-0.3, -0.25) is 9.59 Å². The molecule has 0 bridgehead atoms. The lowest BCUT2D eigenvalue weighted by Gasteiger charge is -2.14. The van der Waals surface area contributed by atoms with Crippen LogP contribution in [0.25, 0.3) is 0 Å². The number of pyridine rings is 1. The van der Waals surface area contributed by atoms with Gasteiger partial charge < -0.3 is 10.3 Å². The molecule has 0 aliphatic rings. The van der Waals surface area contributed by atoms with E-state index >= 15 is 0 Å². The minimum Gasteiger partial charge on any atom is -0.345 e. The summed E-state index contributed by atoms with van der Waals surface area (Å²) in [7, 11) is 0. The molecule has 116 valence electrons. The van der Waals surface area contributed by atoms with Crippen molar-refractivity contribution in [2.75, 3.05) is 0 Å². The maximum absolute atomic E-state index is 12.3. The topological polar surface area (TPSA) is 62.0 Å². The molecule has 0 radical (unpaired) electrons. The zero-order valence-electron chi connectivity index (χ0n) is 13.3. The lowest BCUT2D eigenvalue weighted by atomic mass is 10.1. The third-order valence-electron chi connectivity index (χ3n) is 3.74. The van der Waals surface area contributed by atoms with Gasteiger partial charge >= 0.3 is 0 Å². The van der Waals surface area contributed by atoms with Crippen LogP contribution in [0, 0.1) is 6.92 Å². The van der Waals surface area contributed by atoms with Crippen LogP contribution in [-0.2, 0) is 6.42 Å². The van der Waals surface area contributed by atoms with Crippen molar-refractivity contribution in [2.24, 2.45) is 0 Å². The second-order valence-electron chi connectivity index (χ2n) is 5.53. The summed E-state index contributed by atoms with van der Waals surface area (Å²) in [6.45, 7) is 5.87. The van der Waals surface area contributed by atoms with Crippen molar-refractivity contribution < 1.29 is 4.79 Å². The Morgan fingerprint density at radius 1 is 1.27 bits per heavy atom. The summed E-state index contributed by atoms with van der Waals surface area (Å²) in [4.78, 5) is 27.3. The molecule has 1 aromatic heterocycles. The minimum absolute atomic E-state index is 0.149. The van der Waals surface area contributed by atoms with E-state index in [0.717, 1.165) is 29.7 Å². The van der Waals surface area contributed by atoms with E-state index in [-0.39, 0.29) is 23.1 Å². The number of aryl methyl sites for hydroxylation is 2. The van der Waals surface area contributed by atoms with Crippen molar-refractivity contribution >= 4 is 5.91 Å². The molecular formula is C18H22N2O2. The standard InChI is InChI=1S/C18H22N2O2/c1-4-8-16-12(2)11-15(18(22)20-16)17(21)19-13(3)14-9-6-5-7-10-14/h5-7,9-11,13H,4,8H2,1-3H3,(H,19,21)(H,20,22)/t13-/m0/s1. The van der Waals surface area contributed by atoms with Gasteiger partial charge in [0.1, 0.15) is 5.56 Å². The monoisotopic (exact) mass is 298 g/mol. The first-order chi connectivity index (χ1) is 10.5. The summed E-state index contributed by atoms with van der Waals surface area (Å²) >= 11 is 0. The number of hydrogen-bond donors (Lipinski definition) is 2. The molecule has 0 saturated heterocycles. The Hall–Kier alpha value is -2.36. The highest BCUT2D eigenvalue weighted by atomic mass is 16.2. The Balaban J connectivity index is 2.20. The fourth-order valence-electron chi connectivity index (χ4n) is 2.45. The van der Waals surface area contributed by atoms with Crippen LogP contribution in [-0.4, -0.2) is 10.9 Å². The predicted molar refractivity (Wildman–Crippen MR) is 88.1 cm³/mol. The molecule has 2 rings (SSSR count). The largest absolute Gasteiger partial charge is 0.345 e. The number of aromatic amines is 1. The number of benzene rings is 1. The summed E-state index contributed by atoms with van der Waals surface area (Å²) in [5.41, 5.74) is 2.69. The maximum Gasteiger partial charge on any atom is 0.261 e. The SMILES string of the molecule is CCCc1[nH]c(=O)c(C(=O)N[C@@H](C)c2ccccc2)cc1C. The summed E-state index contributed by atoms with van der Waals surface area (Å²) in [5, 5.41) is 2.87. The first kappa shape index (κ1) is 16.0. The number of nitrogens with one attached hydrogen (secondary N) is 2. The smallest absolute Gasteiger partial charge is 0.261 e. The van der Waals surface area contributed by atoms with E-state index in [1.54, 1.807) is 6.07 Å². The van der Waals surface area contributed by atoms with Crippen molar-refractivity contribution in [3.63, 3.8) is 0 Å². The molecule has 0 aliphatic heterocycles. The van der Waals surface area contributed by atoms with E-state index in [0.29, 0.717) is 0 Å². The molecular weight excluding hydrogens is 276 g/mol. The van der Waals surface area contributed by atoms with Gasteiger partial charge in [-0.25, -0.2) is 0 Å². The molecule has 1 amide bonds. The Kier molecular flexibility index (Phi) is 5.15. The highest BCUT2D eigenvalue weighted by molar-refractivity contribution is 5.94. The fourth-order valence-corrected chi connectivity index (χ4v) is 2.45. The molecule has 1 heterocycles. The molecule has 2 N–H and O–H groups in total. The Morgan fingerprint density at radius 2 is 1.95 bits per heavy atom. The molecule has 1 atom stereocenters. The average molecular weight is 298 g/mol. The Labute approximate surface area is 130 Å². The number of H-pyrrole nitrogens is 1. The molecule has 4 heteroatoms. The normalized spacial score (nSPS) is 12.0. The van der Waals surface area contributed by atoms with E-state index in [9.17, 15) is 9.59 Å². The van der Waals surface area contributed by atoms with E-state index < -0.39 is 0 Å². The van der Waals surface area contributed by atoms with Gasteiger partial charge in [0.25, 0.3) is 11.5 Å². The molecule has 2 aromatic rings. The Bertz CT molecular complexity index is 705. The lowest BCUT2D eigenvalue weighted by molar-refractivity contribution is 0.0938. The molecule has 0 spiro atoms. The first-order valence-electron chi connectivity index (χ1n) is 7.61. The Morgan fingerprint density at radius 3 is 2.59 bits per heavy atom. The van der Waals surface area contributed by atoms with Gasteiger partial charge in [0.15, 0.2) is 0 Å². The zero-order chi connectivity index (χ0) is 16.1. The summed E-state index contributed by atoms with van der Waals surface area (Å²) in [6, 6.07) is 11.2. The van der Waals surface area contributed by atoms with Crippen LogP contribution >= 0.6 is 0 Å². The van der Waals surface area contributed by atoms with Gasteiger partial charge in [-0.1, -0.05) is 43.7 Å². The van der Waals surface area contributed by atoms with Crippen molar-refractivity contribution in [3.05, 3.63) is 69.1 Å². The molecule has 1 aromatic carbocycles. The number of carbonyl (C=O) groups excluding carboxylic acids is 1. The van der Waals surface area contributed by atoms with E-state index in [4.69, 9.17) is 0 Å². The van der Waals surface area contributed by atoms with Crippen LogP contribution in [0.4, 0.5) is 0 Å². The van der Waals surface area contributed by atoms with Crippen LogP contribution < -0.4 is 10.9 Å². The summed E-state index contributed by atoms with van der Waals surface area (Å²) in [5.74, 6) is -0.344. The molecule has 0 aliphatic carbocycles. The van der Waals surface area contributed by atoms with Crippen molar-refractivity contribution in [1.82, 2.24) is 10.3 Å². The van der Waals surface area contributed by atoms with Crippen LogP contribution in [0.1, 0.15) is 53.5 Å². The number of aromatic nitrogens is 1. The van der Waals surface area contributed by atoms with Crippen LogP contribution in [0.2, 0.25) is 0 Å². The molecule has 0 fully saturated rings. The van der Waals surface area contributed by atoms with E-state index in [1.165, 1.54) is 0 Å². The molecule has 0 unspecified atom stereocenters. The quantitative estimate of drug-likeness (QED) is 0.891. The number of hydrogen-bond acceptors (Lipinski definition) is 2. The number of amides is 1. The third kappa shape index (κ3) is 3.64. The van der Waals surface area contributed by atoms with Crippen molar-refractivity contribution in [3.8, 4) is 0 Å². The molecule has 0 saturated carbocycles. The lowest BCUT2D eigenvalue weighted by Crippen LogP contribution is -2.32. The van der Waals surface area contributed by atoms with Gasteiger partial charge in [0, 0.05) is 5.69 Å². The van der Waals surface area contributed by atoms with Crippen molar-refractivity contribution in [1.29, 1.82) is 0 Å². The molecule has 4 nitrogen and oxygen atoms in total. The summed E-state index contributed by atoms with van der Waals surface area (Å²) in [6.07, 6.45) is 1.76. The highest BCUT2D eigenvalue weighted by Gasteiger charge is 2.15. The minimum atomic E-state index is -0.344. The van der Waals surface area contributed by atoms with Gasteiger partial charge in [-0.15, -0.1) is 0 Å². The van der Waals surface area contributed by atoms with Crippen LogP contribution in [0.5, 0.6) is 0 Å². The van der Waals surface area contributed by atoms with Gasteiger partial charge in [-0.05, 0) is 37.5 Å². The number of carbonyl (C=O) groups is 1. The van der Waals surface area contributed by atoms with Gasteiger partial charge in [-0.2, -0.15) is 0 Å². The van der Waals surface area contributed by atoms with Crippen LogP contribution in [0.15, 0.2) is 41.2 Å². The van der Waals surface area contributed by atoms with Crippen molar-refractivity contribution in [2.45, 2.75) is 39.7 Å². The first-order valence-corrected chi connectivity index (χ1v) is 7.61. The molecule has 22 heavy (non-hydrogen) atoms. The average Bonchev–Trinajstić information content (AvgIpc) is 2.51. The zero-order valence-corrected chi connectivity index (χ0v) is 13.3. The van der Waals surface area contributed by atoms with Gasteiger partial charge in [0.2, 0.25) is 0 Å². The number of rotatable bonds is 5. The van der Waals surface area contributed by atoms with Crippen LogP contribution in [0.3, 0.4) is 0 Å². The second-order valence-corrected chi connectivity index (χ2v) is 5.53. The third-order valence-corrected chi connectivity index (χ3v) is 3.74. The predicted octanol–water partition coefficient (Wildman–Crippen LogP) is 3.13. The van der Waals surface area contributed by atoms with Gasteiger partial charge in [0.05, 0.1) is 6.04 Å². The van der Waals surface area contributed by atoms with E-state index in [1.807, 2.05) is 44.2 Å². The fraction of sp³-hybridized carbons (Fsp3) is 0.333. The van der Waals surface area contributed by atoms with E-state index in [2.05, 4.69) is 17.2 Å². The highest BCUT2D eigenvalue weighted by Crippen LogP contribution is 2.12.